The third-order valence-electron chi connectivity index (χ3n) is 5.45. The van der Waals surface area contributed by atoms with Crippen molar-refractivity contribution in [3.05, 3.63) is 29.8 Å². The first-order chi connectivity index (χ1) is 16.5. The first-order valence-corrected chi connectivity index (χ1v) is 10.7. The molecule has 9 N–H and O–H groups in total. The first-order valence-electron chi connectivity index (χ1n) is 10.7. The number of phenols is 1. The van der Waals surface area contributed by atoms with Crippen molar-refractivity contribution in [2.45, 2.75) is 61.7 Å². The van der Waals surface area contributed by atoms with Crippen LogP contribution in [0.15, 0.2) is 24.3 Å². The summed E-state index contributed by atoms with van der Waals surface area (Å²) in [5, 5.41) is 85.6. The zero-order chi connectivity index (χ0) is 26.3. The summed E-state index contributed by atoms with van der Waals surface area (Å²) in [7, 11) is 0. The molecule has 0 bridgehead atoms. The van der Waals surface area contributed by atoms with Crippen LogP contribution < -0.4 is 0 Å². The maximum Gasteiger partial charge on any atom is 0.338 e. The van der Waals surface area contributed by atoms with Crippen molar-refractivity contribution in [1.29, 1.82) is 0 Å². The minimum Gasteiger partial charge on any atom is -0.508 e. The van der Waals surface area contributed by atoms with Gasteiger partial charge < -0.3 is 64.9 Å². The average molecular weight is 508 g/mol. The van der Waals surface area contributed by atoms with Gasteiger partial charge in [-0.25, -0.2) is 4.79 Å². The van der Waals surface area contributed by atoms with Crippen molar-refractivity contribution >= 4 is 5.97 Å². The summed E-state index contributed by atoms with van der Waals surface area (Å²) in [5.41, 5.74) is 0.453. The van der Waals surface area contributed by atoms with Crippen LogP contribution in [0.1, 0.15) is 17.3 Å². The maximum atomic E-state index is 11.1. The van der Waals surface area contributed by atoms with Crippen LogP contribution in [0.3, 0.4) is 0 Å². The van der Waals surface area contributed by atoms with E-state index in [2.05, 4.69) is 0 Å². The summed E-state index contributed by atoms with van der Waals surface area (Å²) in [6.45, 7) is -0.213. The lowest BCUT2D eigenvalue weighted by molar-refractivity contribution is -0.383. The Kier molecular flexibility index (Phi) is 10.7. The highest BCUT2D eigenvalue weighted by atomic mass is 16.8. The van der Waals surface area contributed by atoms with Gasteiger partial charge in [-0.1, -0.05) is 0 Å². The van der Waals surface area contributed by atoms with Crippen molar-refractivity contribution in [2.75, 3.05) is 26.4 Å². The Morgan fingerprint density at radius 1 is 0.914 bits per heavy atom. The molecular formula is C21H32O14. The molecule has 14 nitrogen and oxygen atoms in total. The van der Waals surface area contributed by atoms with E-state index in [9.17, 15) is 35.4 Å². The monoisotopic (exact) mass is 508 g/mol. The summed E-state index contributed by atoms with van der Waals surface area (Å²) in [6.07, 6.45) is -12.7. The molecule has 0 radical (unpaired) electrons. The van der Waals surface area contributed by atoms with Gasteiger partial charge in [0, 0.05) is 0 Å². The lowest BCUT2D eigenvalue weighted by Gasteiger charge is -2.43. The molecule has 0 aliphatic carbocycles. The number of carbonyl (C=O) groups is 1. The van der Waals surface area contributed by atoms with Crippen LogP contribution in [-0.4, -0.2) is 133 Å². The summed E-state index contributed by atoms with van der Waals surface area (Å²) in [5.74, 6) is -2.44. The highest BCUT2D eigenvalue weighted by Gasteiger charge is 2.58. The molecule has 200 valence electrons. The fraction of sp³-hybridized carbons (Fsp3) is 0.667. The van der Waals surface area contributed by atoms with Gasteiger partial charge in [-0.15, -0.1) is 0 Å². The van der Waals surface area contributed by atoms with E-state index in [1.807, 2.05) is 0 Å². The van der Waals surface area contributed by atoms with Gasteiger partial charge in [0.25, 0.3) is 0 Å². The zero-order valence-corrected chi connectivity index (χ0v) is 18.8. The van der Waals surface area contributed by atoms with Crippen molar-refractivity contribution < 1.29 is 69.7 Å². The summed E-state index contributed by atoms with van der Waals surface area (Å²) < 4.78 is 20.2. The Balaban J connectivity index is 0.000000303. The smallest absolute Gasteiger partial charge is 0.338 e. The molecule has 0 unspecified atom stereocenters. The molecular weight excluding hydrogens is 476 g/mol. The lowest BCUT2D eigenvalue weighted by Crippen LogP contribution is -2.62. The topological polar surface area (TPSA) is 236 Å². The molecule has 0 amide bonds. The number of benzene rings is 1. The molecule has 0 saturated carbocycles. The zero-order valence-electron chi connectivity index (χ0n) is 18.8. The molecule has 2 heterocycles. The molecule has 0 spiro atoms. The molecule has 2 saturated heterocycles. The molecule has 3 rings (SSSR count). The Bertz CT molecular complexity index is 789. The Hall–Kier alpha value is -1.95. The van der Waals surface area contributed by atoms with Gasteiger partial charge in [-0.3, -0.25) is 0 Å². The van der Waals surface area contributed by atoms with Gasteiger partial charge >= 0.3 is 5.97 Å². The fourth-order valence-electron chi connectivity index (χ4n) is 3.44. The second-order valence-corrected chi connectivity index (χ2v) is 7.83. The van der Waals surface area contributed by atoms with Gasteiger partial charge in [0.05, 0.1) is 25.4 Å². The van der Waals surface area contributed by atoms with E-state index < -0.39 is 74.6 Å². The van der Waals surface area contributed by atoms with Crippen LogP contribution in [-0.2, 0) is 18.9 Å². The minimum atomic E-state index is -2.22. The molecule has 2 fully saturated rings. The van der Waals surface area contributed by atoms with E-state index in [4.69, 9.17) is 34.3 Å². The summed E-state index contributed by atoms with van der Waals surface area (Å²) >= 11 is 0. The number of aliphatic hydroxyl groups excluding tert-OH is 8. The minimum absolute atomic E-state index is 0.142. The third kappa shape index (κ3) is 6.63. The Morgan fingerprint density at radius 2 is 1.51 bits per heavy atom. The SMILES string of the molecule is CCOC(=O)c1ccc(O)cc1.OC[C@H]1O[C@@](CO)(O[C@H]2O[C@H](CO)[C@@H](O)[C@H](O)[C@H]2O)[C@@H](O)[C@@H]1O. The predicted molar refractivity (Wildman–Crippen MR) is 113 cm³/mol. The van der Waals surface area contributed by atoms with Gasteiger partial charge in [0.1, 0.15) is 55.1 Å². The van der Waals surface area contributed by atoms with E-state index in [-0.39, 0.29) is 11.7 Å². The van der Waals surface area contributed by atoms with Crippen LogP contribution in [0.25, 0.3) is 0 Å². The number of hydrogen-bond donors (Lipinski definition) is 9. The van der Waals surface area contributed by atoms with E-state index in [1.54, 1.807) is 6.92 Å². The maximum absolute atomic E-state index is 11.1. The quantitative estimate of drug-likeness (QED) is 0.161. The number of carbonyl (C=O) groups excluding carboxylic acids is 1. The highest BCUT2D eigenvalue weighted by molar-refractivity contribution is 5.89. The number of ether oxygens (including phenoxy) is 4. The van der Waals surface area contributed by atoms with Gasteiger partial charge in [0.2, 0.25) is 5.79 Å². The van der Waals surface area contributed by atoms with Gasteiger partial charge in [0.15, 0.2) is 6.29 Å². The Morgan fingerprint density at radius 3 is 2.00 bits per heavy atom. The standard InChI is InChI=1S/C12H22O11.C9H10O3/c13-1-4-6(16)8(18)9(19)11(21-4)23-12(3-15)10(20)7(17)5(2-14)22-12;1-2-12-9(11)7-3-5-8(10)6-4-7/h4-11,13-20H,1-3H2;3-6,10H,2H2,1H3/t4-,5-,6-,7-,8+,9-,10+,11-,12+;/m1./s1. The molecule has 2 aliphatic heterocycles. The lowest BCUT2D eigenvalue weighted by atomic mass is 9.99. The van der Waals surface area contributed by atoms with Crippen LogP contribution in [0, 0.1) is 0 Å². The van der Waals surface area contributed by atoms with Crippen molar-refractivity contribution in [3.8, 4) is 5.75 Å². The second-order valence-electron chi connectivity index (χ2n) is 7.83. The molecule has 14 heteroatoms. The predicted octanol–water partition coefficient (Wildman–Crippen LogP) is -3.83. The largest absolute Gasteiger partial charge is 0.508 e. The second kappa shape index (κ2) is 12.8. The van der Waals surface area contributed by atoms with Gasteiger partial charge in [-0.05, 0) is 31.2 Å². The molecule has 35 heavy (non-hydrogen) atoms. The van der Waals surface area contributed by atoms with E-state index >= 15 is 0 Å². The van der Waals surface area contributed by atoms with Crippen LogP contribution in [0.5, 0.6) is 5.75 Å². The van der Waals surface area contributed by atoms with Crippen molar-refractivity contribution in [3.63, 3.8) is 0 Å². The highest BCUT2D eigenvalue weighted by Crippen LogP contribution is 2.35. The summed E-state index contributed by atoms with van der Waals surface area (Å²) in [6, 6.07) is 5.94. The van der Waals surface area contributed by atoms with Crippen LogP contribution in [0.4, 0.5) is 0 Å². The van der Waals surface area contributed by atoms with Crippen molar-refractivity contribution in [2.24, 2.45) is 0 Å². The number of rotatable bonds is 7. The molecule has 2 aliphatic rings. The average Bonchev–Trinajstić information content (AvgIpc) is 3.10. The van der Waals surface area contributed by atoms with E-state index in [0.717, 1.165) is 0 Å². The first kappa shape index (κ1) is 29.3. The number of hydrogen-bond acceptors (Lipinski definition) is 14. The number of aromatic hydroxyl groups is 1. The van der Waals surface area contributed by atoms with E-state index in [1.165, 1.54) is 24.3 Å². The molecule has 9 atom stereocenters. The third-order valence-corrected chi connectivity index (χ3v) is 5.45. The van der Waals surface area contributed by atoms with Crippen LogP contribution >= 0.6 is 0 Å². The number of phenolic OH excluding ortho intramolecular Hbond substituents is 1. The molecule has 0 aromatic heterocycles. The van der Waals surface area contributed by atoms with Crippen molar-refractivity contribution in [1.82, 2.24) is 0 Å². The molecule has 1 aromatic rings. The van der Waals surface area contributed by atoms with E-state index in [0.29, 0.717) is 12.2 Å². The van der Waals surface area contributed by atoms with Gasteiger partial charge in [-0.2, -0.15) is 0 Å². The van der Waals surface area contributed by atoms with Crippen LogP contribution in [0.2, 0.25) is 0 Å². The normalized spacial score (nSPS) is 36.8. The molecule has 1 aromatic carbocycles. The fourth-order valence-corrected chi connectivity index (χ4v) is 3.44. The number of aliphatic hydroxyl groups is 8. The Labute approximate surface area is 200 Å². The number of esters is 1. The summed E-state index contributed by atoms with van der Waals surface area (Å²) in [4.78, 5) is 11.1.